The first-order valence-electron chi connectivity index (χ1n) is 10.9. The van der Waals surface area contributed by atoms with Crippen LogP contribution in [0, 0.1) is 0 Å². The average Bonchev–Trinajstić information content (AvgIpc) is 3.32. The van der Waals surface area contributed by atoms with Crippen LogP contribution in [0.2, 0.25) is 0 Å². The summed E-state index contributed by atoms with van der Waals surface area (Å²) in [7, 11) is 2.16. The van der Waals surface area contributed by atoms with Gasteiger partial charge in [-0.25, -0.2) is 4.98 Å². The van der Waals surface area contributed by atoms with Gasteiger partial charge in [-0.1, -0.05) is 78.9 Å². The molecule has 1 unspecified atom stereocenters. The van der Waals surface area contributed by atoms with Gasteiger partial charge >= 0.3 is 0 Å². The number of hydrogen-bond acceptors (Lipinski definition) is 4. The summed E-state index contributed by atoms with van der Waals surface area (Å²) in [4.78, 5) is 7.16. The minimum atomic E-state index is -1.43. The first kappa shape index (κ1) is 22.3. The van der Waals surface area contributed by atoms with Gasteiger partial charge in [-0.3, -0.25) is 0 Å². The highest BCUT2D eigenvalue weighted by Gasteiger charge is 2.38. The van der Waals surface area contributed by atoms with E-state index in [1.54, 1.807) is 6.20 Å². The maximum Gasteiger partial charge on any atom is 0.236 e. The van der Waals surface area contributed by atoms with Gasteiger partial charge in [0.2, 0.25) is 5.89 Å². The molecule has 3 aromatic carbocycles. The Hall–Kier alpha value is -2.86. The fraction of sp³-hybridized carbons (Fsp3) is 0.222. The lowest BCUT2D eigenvalue weighted by molar-refractivity contribution is -0.894. The predicted molar refractivity (Wildman–Crippen MR) is 129 cm³/mol. The maximum atomic E-state index is 11.8. The fourth-order valence-corrected chi connectivity index (χ4v) is 4.67. The molecule has 2 N–H and O–H groups in total. The SMILES string of the molecule is C[NH+](CCCSc1ccccc1)Cc1cnc(C(O)(c2ccccc2)c2ccccc2)o1. The Labute approximate surface area is 193 Å². The monoisotopic (exact) mass is 445 g/mol. The zero-order valence-corrected chi connectivity index (χ0v) is 19.1. The first-order valence-corrected chi connectivity index (χ1v) is 11.9. The predicted octanol–water partition coefficient (Wildman–Crippen LogP) is 4.16. The Morgan fingerprint density at radius 2 is 1.44 bits per heavy atom. The molecule has 4 rings (SSSR count). The number of nitrogens with one attached hydrogen (secondary N) is 1. The number of aliphatic hydroxyl groups is 1. The van der Waals surface area contributed by atoms with Gasteiger partial charge in [-0.15, -0.1) is 11.8 Å². The second kappa shape index (κ2) is 10.6. The molecule has 1 aromatic heterocycles. The Kier molecular flexibility index (Phi) is 7.43. The number of quaternary nitrogens is 1. The summed E-state index contributed by atoms with van der Waals surface area (Å²) >= 11 is 1.89. The van der Waals surface area contributed by atoms with E-state index in [1.807, 2.05) is 78.5 Å². The second-order valence-corrected chi connectivity index (χ2v) is 9.14. The summed E-state index contributed by atoms with van der Waals surface area (Å²) in [6, 6.07) is 29.6. The van der Waals surface area contributed by atoms with Gasteiger partial charge in [0.1, 0.15) is 6.54 Å². The van der Waals surface area contributed by atoms with Crippen LogP contribution in [0.4, 0.5) is 0 Å². The van der Waals surface area contributed by atoms with Crippen molar-refractivity contribution in [1.82, 2.24) is 4.98 Å². The van der Waals surface area contributed by atoms with Crippen molar-refractivity contribution in [3.8, 4) is 0 Å². The molecule has 0 aliphatic rings. The molecule has 5 heteroatoms. The molecule has 1 heterocycles. The summed E-state index contributed by atoms with van der Waals surface area (Å²) < 4.78 is 6.12. The molecule has 4 aromatic rings. The smallest absolute Gasteiger partial charge is 0.236 e. The van der Waals surface area contributed by atoms with E-state index in [0.717, 1.165) is 42.2 Å². The third kappa shape index (κ3) is 5.30. The van der Waals surface area contributed by atoms with E-state index in [4.69, 9.17) is 4.42 Å². The summed E-state index contributed by atoms with van der Waals surface area (Å²) in [5.74, 6) is 2.17. The number of aromatic nitrogens is 1. The van der Waals surface area contributed by atoms with Crippen molar-refractivity contribution in [2.24, 2.45) is 0 Å². The Morgan fingerprint density at radius 3 is 2.03 bits per heavy atom. The van der Waals surface area contributed by atoms with Crippen molar-refractivity contribution in [3.63, 3.8) is 0 Å². The van der Waals surface area contributed by atoms with Gasteiger partial charge in [0, 0.05) is 17.1 Å². The highest BCUT2D eigenvalue weighted by atomic mass is 32.2. The van der Waals surface area contributed by atoms with Crippen molar-refractivity contribution in [2.45, 2.75) is 23.5 Å². The highest BCUT2D eigenvalue weighted by Crippen LogP contribution is 2.35. The van der Waals surface area contributed by atoms with Crippen molar-refractivity contribution in [1.29, 1.82) is 0 Å². The van der Waals surface area contributed by atoms with Crippen LogP contribution in [0.3, 0.4) is 0 Å². The number of hydrogen-bond donors (Lipinski definition) is 2. The topological polar surface area (TPSA) is 50.7 Å². The van der Waals surface area contributed by atoms with Crippen molar-refractivity contribution >= 4 is 11.8 Å². The van der Waals surface area contributed by atoms with E-state index >= 15 is 0 Å². The van der Waals surface area contributed by atoms with Gasteiger partial charge in [0.15, 0.2) is 11.4 Å². The molecule has 32 heavy (non-hydrogen) atoms. The quantitative estimate of drug-likeness (QED) is 0.284. The molecule has 0 amide bonds. The van der Waals surface area contributed by atoms with Crippen LogP contribution in [0.5, 0.6) is 0 Å². The Bertz CT molecular complexity index is 1040. The van der Waals surface area contributed by atoms with Gasteiger partial charge in [-0.2, -0.15) is 0 Å². The number of thioether (sulfide) groups is 1. The minimum Gasteiger partial charge on any atom is -0.436 e. The maximum absolute atomic E-state index is 11.8. The van der Waals surface area contributed by atoms with Gasteiger partial charge in [0.05, 0.1) is 19.8 Å². The molecule has 1 atom stereocenters. The zero-order chi connectivity index (χ0) is 22.2. The van der Waals surface area contributed by atoms with Crippen LogP contribution in [-0.4, -0.2) is 29.4 Å². The summed E-state index contributed by atoms with van der Waals surface area (Å²) in [6.07, 6.45) is 2.86. The van der Waals surface area contributed by atoms with Gasteiger partial charge < -0.3 is 14.4 Å². The number of oxazole rings is 1. The minimum absolute atomic E-state index is 0.303. The molecule has 4 nitrogen and oxygen atoms in total. The van der Waals surface area contributed by atoms with Gasteiger partial charge in [-0.05, 0) is 23.3 Å². The molecule has 0 saturated heterocycles. The lowest BCUT2D eigenvalue weighted by atomic mass is 9.86. The zero-order valence-electron chi connectivity index (χ0n) is 18.3. The van der Waals surface area contributed by atoms with E-state index < -0.39 is 5.60 Å². The molecule has 0 radical (unpaired) electrons. The van der Waals surface area contributed by atoms with Crippen molar-refractivity contribution in [2.75, 3.05) is 19.3 Å². The third-order valence-electron chi connectivity index (χ3n) is 5.48. The molecular weight excluding hydrogens is 416 g/mol. The van der Waals surface area contributed by atoms with E-state index in [1.165, 1.54) is 9.80 Å². The lowest BCUT2D eigenvalue weighted by Crippen LogP contribution is -3.07. The van der Waals surface area contributed by atoms with Crippen LogP contribution in [0.1, 0.15) is 29.2 Å². The van der Waals surface area contributed by atoms with Gasteiger partial charge in [0.25, 0.3) is 0 Å². The normalized spacial score (nSPS) is 12.6. The van der Waals surface area contributed by atoms with E-state index in [-0.39, 0.29) is 0 Å². The molecule has 0 fully saturated rings. The van der Waals surface area contributed by atoms with E-state index in [0.29, 0.717) is 5.89 Å². The number of rotatable bonds is 10. The summed E-state index contributed by atoms with van der Waals surface area (Å²) in [5.41, 5.74) is 0.0394. The molecule has 0 spiro atoms. The molecule has 0 saturated carbocycles. The van der Waals surface area contributed by atoms with Crippen LogP contribution < -0.4 is 4.90 Å². The third-order valence-corrected chi connectivity index (χ3v) is 6.58. The summed E-state index contributed by atoms with van der Waals surface area (Å²) in [5, 5.41) is 11.8. The van der Waals surface area contributed by atoms with E-state index in [9.17, 15) is 5.11 Å². The van der Waals surface area contributed by atoms with Crippen LogP contribution in [-0.2, 0) is 12.1 Å². The largest absolute Gasteiger partial charge is 0.436 e. The standard InChI is InChI=1S/C27H28N2O2S/c1-29(18-11-19-32-25-16-9-4-10-17-25)21-24-20-28-26(31-24)27(30,22-12-5-2-6-13-22)23-14-7-3-8-15-23/h2-10,12-17,20,30H,11,18-19,21H2,1H3/p+1. The van der Waals surface area contributed by atoms with Crippen molar-refractivity contribution < 1.29 is 14.4 Å². The van der Waals surface area contributed by atoms with E-state index in [2.05, 4.69) is 36.3 Å². The Morgan fingerprint density at radius 1 is 0.875 bits per heavy atom. The number of benzene rings is 3. The van der Waals surface area contributed by atoms with Crippen LogP contribution in [0.15, 0.2) is 107 Å². The summed E-state index contributed by atoms with van der Waals surface area (Å²) in [6.45, 7) is 1.76. The average molecular weight is 446 g/mol. The Balaban J connectivity index is 1.42. The molecule has 0 bridgehead atoms. The van der Waals surface area contributed by atoms with Crippen molar-refractivity contribution in [3.05, 3.63) is 120 Å². The fourth-order valence-electron chi connectivity index (χ4n) is 3.80. The number of nitrogens with zero attached hydrogens (tertiary/aromatic N) is 1. The van der Waals surface area contributed by atoms with Crippen LogP contribution >= 0.6 is 11.8 Å². The molecule has 164 valence electrons. The van der Waals surface area contributed by atoms with Crippen LogP contribution in [0.25, 0.3) is 0 Å². The second-order valence-electron chi connectivity index (χ2n) is 7.97. The molecule has 0 aliphatic heterocycles. The molecule has 0 aliphatic carbocycles. The lowest BCUT2D eigenvalue weighted by Gasteiger charge is -2.26. The molecular formula is C27H29N2O2S+. The first-order chi connectivity index (χ1) is 15.7. The highest BCUT2D eigenvalue weighted by molar-refractivity contribution is 7.99.